The molecule has 0 spiro atoms. The smallest absolute Gasteiger partial charge is 0.0588 e. The molecule has 0 unspecified atom stereocenters. The Morgan fingerprint density at radius 3 is 2.62 bits per heavy atom. The SMILES string of the molecule is NCc1cccc(C2(C3CCC3)COC2)c1. The first kappa shape index (κ1) is 10.3. The van der Waals surface area contributed by atoms with Crippen molar-refractivity contribution in [1.29, 1.82) is 0 Å². The van der Waals surface area contributed by atoms with Crippen LogP contribution in [0.1, 0.15) is 30.4 Å². The Kier molecular flexibility index (Phi) is 2.49. The molecule has 2 aliphatic rings. The summed E-state index contributed by atoms with van der Waals surface area (Å²) >= 11 is 0. The molecule has 0 aromatic heterocycles. The van der Waals surface area contributed by atoms with Crippen LogP contribution in [0.15, 0.2) is 24.3 Å². The predicted octanol–water partition coefficient (Wildman–Crippen LogP) is 2.21. The second-order valence-corrected chi connectivity index (χ2v) is 5.18. The highest BCUT2D eigenvalue weighted by atomic mass is 16.5. The zero-order valence-corrected chi connectivity index (χ0v) is 9.61. The summed E-state index contributed by atoms with van der Waals surface area (Å²) in [5.74, 6) is 0.842. The molecule has 1 aliphatic carbocycles. The minimum atomic E-state index is 0.323. The molecule has 86 valence electrons. The van der Waals surface area contributed by atoms with Gasteiger partial charge in [0, 0.05) is 12.0 Å². The maximum Gasteiger partial charge on any atom is 0.0588 e. The molecule has 2 N–H and O–H groups in total. The lowest BCUT2D eigenvalue weighted by atomic mass is 9.60. The molecule has 0 atom stereocenters. The van der Waals surface area contributed by atoms with Crippen LogP contribution in [-0.2, 0) is 16.7 Å². The number of hydrogen-bond acceptors (Lipinski definition) is 2. The molecule has 2 nitrogen and oxygen atoms in total. The quantitative estimate of drug-likeness (QED) is 0.842. The van der Waals surface area contributed by atoms with Gasteiger partial charge in [-0.25, -0.2) is 0 Å². The Hall–Kier alpha value is -0.860. The monoisotopic (exact) mass is 217 g/mol. The molecule has 0 bridgehead atoms. The zero-order valence-electron chi connectivity index (χ0n) is 9.61. The standard InChI is InChI=1S/C14H19NO/c15-8-11-3-1-6-13(7-11)14(9-16-10-14)12-4-2-5-12/h1,3,6-7,12H,2,4-5,8-10,15H2. The summed E-state index contributed by atoms with van der Waals surface area (Å²) in [4.78, 5) is 0. The van der Waals surface area contributed by atoms with E-state index in [4.69, 9.17) is 10.5 Å². The van der Waals surface area contributed by atoms with Gasteiger partial charge >= 0.3 is 0 Å². The molecule has 0 amide bonds. The van der Waals surface area contributed by atoms with Gasteiger partial charge in [-0.05, 0) is 29.9 Å². The Bertz CT molecular complexity index is 380. The van der Waals surface area contributed by atoms with Crippen molar-refractivity contribution in [1.82, 2.24) is 0 Å². The minimum absolute atomic E-state index is 0.323. The first-order valence-electron chi connectivity index (χ1n) is 6.22. The van der Waals surface area contributed by atoms with E-state index < -0.39 is 0 Å². The first-order chi connectivity index (χ1) is 7.85. The van der Waals surface area contributed by atoms with E-state index in [1.54, 1.807) is 0 Å². The van der Waals surface area contributed by atoms with Gasteiger partial charge in [0.1, 0.15) is 0 Å². The fraction of sp³-hybridized carbons (Fsp3) is 0.571. The Morgan fingerprint density at radius 1 is 1.31 bits per heavy atom. The lowest BCUT2D eigenvalue weighted by Crippen LogP contribution is -2.54. The number of ether oxygens (including phenoxy) is 1. The van der Waals surface area contributed by atoms with Crippen molar-refractivity contribution in [3.63, 3.8) is 0 Å². The van der Waals surface area contributed by atoms with Gasteiger partial charge in [0.2, 0.25) is 0 Å². The molecule has 1 aliphatic heterocycles. The van der Waals surface area contributed by atoms with E-state index in [9.17, 15) is 0 Å². The second-order valence-electron chi connectivity index (χ2n) is 5.18. The van der Waals surface area contributed by atoms with E-state index in [1.807, 2.05) is 0 Å². The average Bonchev–Trinajstić information content (AvgIpc) is 2.20. The third-order valence-electron chi connectivity index (χ3n) is 4.34. The average molecular weight is 217 g/mol. The highest BCUT2D eigenvalue weighted by molar-refractivity contribution is 5.33. The number of nitrogens with two attached hydrogens (primary N) is 1. The van der Waals surface area contributed by atoms with Crippen LogP contribution in [0.25, 0.3) is 0 Å². The molecule has 1 heterocycles. The van der Waals surface area contributed by atoms with E-state index in [1.165, 1.54) is 30.4 Å². The van der Waals surface area contributed by atoms with E-state index >= 15 is 0 Å². The third-order valence-corrected chi connectivity index (χ3v) is 4.34. The molecular weight excluding hydrogens is 198 g/mol. The van der Waals surface area contributed by atoms with Crippen LogP contribution < -0.4 is 5.73 Å². The van der Waals surface area contributed by atoms with Gasteiger partial charge in [0.15, 0.2) is 0 Å². The van der Waals surface area contributed by atoms with Crippen molar-refractivity contribution in [2.45, 2.75) is 31.2 Å². The Labute approximate surface area is 96.8 Å². The number of rotatable bonds is 3. The maximum atomic E-state index is 5.71. The van der Waals surface area contributed by atoms with Crippen molar-refractivity contribution < 1.29 is 4.74 Å². The predicted molar refractivity (Wildman–Crippen MR) is 64.2 cm³/mol. The van der Waals surface area contributed by atoms with Gasteiger partial charge in [-0.15, -0.1) is 0 Å². The van der Waals surface area contributed by atoms with Gasteiger partial charge in [-0.1, -0.05) is 30.7 Å². The van der Waals surface area contributed by atoms with Crippen molar-refractivity contribution in [3.05, 3.63) is 35.4 Å². The molecule has 1 aromatic rings. The molecule has 2 heteroatoms. The van der Waals surface area contributed by atoms with Crippen LogP contribution in [-0.4, -0.2) is 13.2 Å². The normalized spacial score (nSPS) is 23.6. The third kappa shape index (κ3) is 1.40. The molecule has 0 radical (unpaired) electrons. The summed E-state index contributed by atoms with van der Waals surface area (Å²) in [6.45, 7) is 2.45. The summed E-state index contributed by atoms with van der Waals surface area (Å²) in [5.41, 5.74) is 8.72. The van der Waals surface area contributed by atoms with E-state index in [0.29, 0.717) is 12.0 Å². The van der Waals surface area contributed by atoms with Crippen LogP contribution in [0.5, 0.6) is 0 Å². The van der Waals surface area contributed by atoms with Crippen LogP contribution in [0.2, 0.25) is 0 Å². The fourth-order valence-corrected chi connectivity index (χ4v) is 2.93. The largest absolute Gasteiger partial charge is 0.379 e. The zero-order chi connectivity index (χ0) is 11.0. The summed E-state index contributed by atoms with van der Waals surface area (Å²) in [6, 6.07) is 8.77. The van der Waals surface area contributed by atoms with Crippen LogP contribution >= 0.6 is 0 Å². The molecular formula is C14H19NO. The highest BCUT2D eigenvalue weighted by Crippen LogP contribution is 2.48. The van der Waals surface area contributed by atoms with Crippen molar-refractivity contribution >= 4 is 0 Å². The van der Waals surface area contributed by atoms with E-state index in [0.717, 1.165) is 19.1 Å². The minimum Gasteiger partial charge on any atom is -0.379 e. The van der Waals surface area contributed by atoms with E-state index in [-0.39, 0.29) is 0 Å². The molecule has 1 aromatic carbocycles. The molecule has 1 saturated heterocycles. The van der Waals surface area contributed by atoms with Gasteiger partial charge in [0.25, 0.3) is 0 Å². The lowest BCUT2D eigenvalue weighted by molar-refractivity contribution is -0.107. The molecule has 1 saturated carbocycles. The van der Waals surface area contributed by atoms with Gasteiger partial charge in [-0.2, -0.15) is 0 Å². The summed E-state index contributed by atoms with van der Waals surface area (Å²) in [5, 5.41) is 0. The first-order valence-corrected chi connectivity index (χ1v) is 6.22. The summed E-state index contributed by atoms with van der Waals surface area (Å²) in [6.07, 6.45) is 4.13. The number of hydrogen-bond donors (Lipinski definition) is 1. The molecule has 16 heavy (non-hydrogen) atoms. The maximum absolute atomic E-state index is 5.71. The second kappa shape index (κ2) is 3.86. The van der Waals surface area contributed by atoms with Crippen LogP contribution in [0.4, 0.5) is 0 Å². The van der Waals surface area contributed by atoms with Crippen LogP contribution in [0, 0.1) is 5.92 Å². The lowest BCUT2D eigenvalue weighted by Gasteiger charge is -2.51. The summed E-state index contributed by atoms with van der Waals surface area (Å²) < 4.78 is 5.49. The van der Waals surface area contributed by atoms with Gasteiger partial charge in [-0.3, -0.25) is 0 Å². The number of benzene rings is 1. The highest BCUT2D eigenvalue weighted by Gasteiger charge is 2.48. The van der Waals surface area contributed by atoms with E-state index in [2.05, 4.69) is 24.3 Å². The fourth-order valence-electron chi connectivity index (χ4n) is 2.93. The van der Waals surface area contributed by atoms with Crippen molar-refractivity contribution in [2.75, 3.05) is 13.2 Å². The molecule has 3 rings (SSSR count). The van der Waals surface area contributed by atoms with Crippen molar-refractivity contribution in [3.8, 4) is 0 Å². The summed E-state index contributed by atoms with van der Waals surface area (Å²) in [7, 11) is 0. The Morgan fingerprint density at radius 2 is 2.12 bits per heavy atom. The van der Waals surface area contributed by atoms with Gasteiger partial charge < -0.3 is 10.5 Å². The topological polar surface area (TPSA) is 35.2 Å². The van der Waals surface area contributed by atoms with Gasteiger partial charge in [0.05, 0.1) is 13.2 Å². The van der Waals surface area contributed by atoms with Crippen LogP contribution in [0.3, 0.4) is 0 Å². The molecule has 2 fully saturated rings. The Balaban J connectivity index is 1.93. The van der Waals surface area contributed by atoms with Crippen molar-refractivity contribution in [2.24, 2.45) is 11.7 Å².